The molecule has 1 aromatic heterocycles. The fourth-order valence-electron chi connectivity index (χ4n) is 2.49. The molecule has 2 aromatic rings. The van der Waals surface area contributed by atoms with Gasteiger partial charge < -0.3 is 4.57 Å². The predicted octanol–water partition coefficient (Wildman–Crippen LogP) is 2.39. The number of benzene rings is 1. The van der Waals surface area contributed by atoms with Crippen molar-refractivity contribution in [2.75, 3.05) is 0 Å². The number of pyridine rings is 1. The molecule has 0 saturated carbocycles. The predicted molar refractivity (Wildman–Crippen MR) is 68.3 cm³/mol. The Morgan fingerprint density at radius 1 is 1.06 bits per heavy atom. The molecule has 0 atom stereocenters. The summed E-state index contributed by atoms with van der Waals surface area (Å²) >= 11 is 0. The Morgan fingerprint density at radius 2 is 1.82 bits per heavy atom. The Morgan fingerprint density at radius 3 is 2.65 bits per heavy atom. The Hall–Kier alpha value is -1.83. The highest BCUT2D eigenvalue weighted by Gasteiger charge is 2.12. The van der Waals surface area contributed by atoms with Crippen molar-refractivity contribution in [3.8, 4) is 0 Å². The standard InChI is InChI=1S/C15H15NO/c17-15-9-13-7-4-8-14(13)11-16(15)10-12-5-2-1-3-6-12/h1-3,5-6,9,11H,4,7-8,10H2. The highest BCUT2D eigenvalue weighted by atomic mass is 16.1. The van der Waals surface area contributed by atoms with Gasteiger partial charge in [0.25, 0.3) is 5.56 Å². The second-order valence-electron chi connectivity index (χ2n) is 4.63. The molecular formula is C15H15NO. The molecular weight excluding hydrogens is 210 g/mol. The Bertz CT molecular complexity index is 584. The second kappa shape index (κ2) is 4.21. The van der Waals surface area contributed by atoms with Crippen LogP contribution in [-0.4, -0.2) is 4.57 Å². The molecule has 2 heteroatoms. The van der Waals surface area contributed by atoms with E-state index in [0.29, 0.717) is 6.54 Å². The third-order valence-electron chi connectivity index (χ3n) is 3.39. The van der Waals surface area contributed by atoms with Crippen molar-refractivity contribution >= 4 is 0 Å². The van der Waals surface area contributed by atoms with Crippen LogP contribution >= 0.6 is 0 Å². The van der Waals surface area contributed by atoms with Gasteiger partial charge in [-0.25, -0.2) is 0 Å². The smallest absolute Gasteiger partial charge is 0.251 e. The fraction of sp³-hybridized carbons (Fsp3) is 0.267. The molecule has 1 aliphatic rings. The van der Waals surface area contributed by atoms with Crippen molar-refractivity contribution in [2.24, 2.45) is 0 Å². The van der Waals surface area contributed by atoms with Gasteiger partial charge in [0.1, 0.15) is 0 Å². The van der Waals surface area contributed by atoms with Crippen molar-refractivity contribution in [2.45, 2.75) is 25.8 Å². The van der Waals surface area contributed by atoms with E-state index < -0.39 is 0 Å². The van der Waals surface area contributed by atoms with Gasteiger partial charge in [0.2, 0.25) is 0 Å². The third-order valence-corrected chi connectivity index (χ3v) is 3.39. The number of rotatable bonds is 2. The molecule has 86 valence electrons. The minimum Gasteiger partial charge on any atom is -0.311 e. The monoisotopic (exact) mass is 225 g/mol. The molecule has 1 aromatic carbocycles. The Balaban J connectivity index is 1.96. The maximum atomic E-state index is 11.9. The maximum Gasteiger partial charge on any atom is 0.251 e. The number of nitrogens with zero attached hydrogens (tertiary/aromatic N) is 1. The summed E-state index contributed by atoms with van der Waals surface area (Å²) in [6.07, 6.45) is 5.41. The SMILES string of the molecule is O=c1cc2c(cn1Cc1ccccc1)CCC2. The van der Waals surface area contributed by atoms with Gasteiger partial charge in [-0.05, 0) is 36.0 Å². The summed E-state index contributed by atoms with van der Waals surface area (Å²) in [6, 6.07) is 11.9. The largest absolute Gasteiger partial charge is 0.311 e. The van der Waals surface area contributed by atoms with E-state index in [-0.39, 0.29) is 5.56 Å². The molecule has 0 aliphatic heterocycles. The van der Waals surface area contributed by atoms with Crippen LogP contribution in [0.3, 0.4) is 0 Å². The molecule has 1 heterocycles. The zero-order valence-corrected chi connectivity index (χ0v) is 9.73. The average molecular weight is 225 g/mol. The molecule has 1 aliphatic carbocycles. The molecule has 0 fully saturated rings. The van der Waals surface area contributed by atoms with E-state index in [9.17, 15) is 4.79 Å². The molecule has 3 rings (SSSR count). The van der Waals surface area contributed by atoms with Gasteiger partial charge in [0, 0.05) is 12.3 Å². The Labute approximate surface area is 101 Å². The van der Waals surface area contributed by atoms with Gasteiger partial charge >= 0.3 is 0 Å². The minimum atomic E-state index is 0.120. The van der Waals surface area contributed by atoms with Crippen LogP contribution in [0.4, 0.5) is 0 Å². The lowest BCUT2D eigenvalue weighted by Crippen LogP contribution is -2.20. The van der Waals surface area contributed by atoms with Gasteiger partial charge in [-0.3, -0.25) is 4.79 Å². The number of aromatic nitrogens is 1. The zero-order valence-electron chi connectivity index (χ0n) is 9.73. The summed E-state index contributed by atoms with van der Waals surface area (Å²) < 4.78 is 1.82. The topological polar surface area (TPSA) is 22.0 Å². The van der Waals surface area contributed by atoms with Gasteiger partial charge in [-0.15, -0.1) is 0 Å². The number of hydrogen-bond donors (Lipinski definition) is 0. The molecule has 0 radical (unpaired) electrons. The van der Waals surface area contributed by atoms with Crippen molar-refractivity contribution in [1.82, 2.24) is 4.57 Å². The van der Waals surface area contributed by atoms with Crippen LogP contribution in [0.25, 0.3) is 0 Å². The van der Waals surface area contributed by atoms with Gasteiger partial charge in [0.05, 0.1) is 6.54 Å². The summed E-state index contributed by atoms with van der Waals surface area (Å²) in [7, 11) is 0. The van der Waals surface area contributed by atoms with Crippen LogP contribution in [0.5, 0.6) is 0 Å². The zero-order chi connectivity index (χ0) is 11.7. The van der Waals surface area contributed by atoms with Crippen LogP contribution in [0.15, 0.2) is 47.4 Å². The average Bonchev–Trinajstić information content (AvgIpc) is 2.78. The van der Waals surface area contributed by atoms with E-state index in [2.05, 4.69) is 12.1 Å². The third kappa shape index (κ3) is 2.03. The molecule has 0 amide bonds. The van der Waals surface area contributed by atoms with Crippen LogP contribution in [0.2, 0.25) is 0 Å². The van der Waals surface area contributed by atoms with E-state index in [1.54, 1.807) is 0 Å². The molecule has 0 unspecified atom stereocenters. The van der Waals surface area contributed by atoms with Crippen molar-refractivity contribution in [3.63, 3.8) is 0 Å². The van der Waals surface area contributed by atoms with E-state index >= 15 is 0 Å². The fourth-order valence-corrected chi connectivity index (χ4v) is 2.49. The minimum absolute atomic E-state index is 0.120. The van der Waals surface area contributed by atoms with Crippen molar-refractivity contribution in [3.05, 3.63) is 69.6 Å². The van der Waals surface area contributed by atoms with Crippen LogP contribution in [-0.2, 0) is 19.4 Å². The summed E-state index contributed by atoms with van der Waals surface area (Å²) in [4.78, 5) is 11.9. The molecule has 0 saturated heterocycles. The van der Waals surface area contributed by atoms with Crippen LogP contribution < -0.4 is 5.56 Å². The van der Waals surface area contributed by atoms with E-state index in [4.69, 9.17) is 0 Å². The summed E-state index contributed by atoms with van der Waals surface area (Å²) in [5, 5.41) is 0. The lowest BCUT2D eigenvalue weighted by molar-refractivity contribution is 0.750. The van der Waals surface area contributed by atoms with Crippen LogP contribution in [0.1, 0.15) is 23.1 Å². The molecule has 0 spiro atoms. The highest BCUT2D eigenvalue weighted by molar-refractivity contribution is 5.28. The normalized spacial score (nSPS) is 13.6. The van der Waals surface area contributed by atoms with E-state index in [0.717, 1.165) is 12.8 Å². The van der Waals surface area contributed by atoms with Gasteiger partial charge in [-0.2, -0.15) is 0 Å². The highest BCUT2D eigenvalue weighted by Crippen LogP contribution is 2.19. The lowest BCUT2D eigenvalue weighted by atomic mass is 10.1. The number of fused-ring (bicyclic) bond motifs is 1. The quantitative estimate of drug-likeness (QED) is 0.769. The molecule has 0 N–H and O–H groups in total. The van der Waals surface area contributed by atoms with E-state index in [1.807, 2.05) is 35.0 Å². The van der Waals surface area contributed by atoms with Gasteiger partial charge in [-0.1, -0.05) is 30.3 Å². The first-order valence-electron chi connectivity index (χ1n) is 6.09. The number of hydrogen-bond acceptors (Lipinski definition) is 1. The summed E-state index contributed by atoms with van der Waals surface area (Å²) in [5.41, 5.74) is 3.89. The molecule has 17 heavy (non-hydrogen) atoms. The first-order chi connectivity index (χ1) is 8.33. The van der Waals surface area contributed by atoms with E-state index in [1.165, 1.54) is 23.1 Å². The van der Waals surface area contributed by atoms with Crippen LogP contribution in [0, 0.1) is 0 Å². The summed E-state index contributed by atoms with van der Waals surface area (Å²) in [6.45, 7) is 0.674. The Kier molecular flexibility index (Phi) is 2.56. The summed E-state index contributed by atoms with van der Waals surface area (Å²) in [5.74, 6) is 0. The van der Waals surface area contributed by atoms with Crippen molar-refractivity contribution in [1.29, 1.82) is 0 Å². The van der Waals surface area contributed by atoms with Gasteiger partial charge in [0.15, 0.2) is 0 Å². The first-order valence-corrected chi connectivity index (χ1v) is 6.09. The number of aryl methyl sites for hydroxylation is 2. The molecule has 0 bridgehead atoms. The first kappa shape index (κ1) is 10.3. The second-order valence-corrected chi connectivity index (χ2v) is 4.63. The van der Waals surface area contributed by atoms with Crippen molar-refractivity contribution < 1.29 is 0 Å². The maximum absolute atomic E-state index is 11.9. The lowest BCUT2D eigenvalue weighted by Gasteiger charge is -2.08. The molecule has 2 nitrogen and oxygen atoms in total.